The second kappa shape index (κ2) is 8.84. The van der Waals surface area contributed by atoms with Crippen molar-refractivity contribution in [1.82, 2.24) is 0 Å². The maximum absolute atomic E-state index is 9.77. The maximum atomic E-state index is 9.77. The van der Waals surface area contributed by atoms with Crippen LogP contribution in [0.25, 0.3) is 0 Å². The zero-order valence-electron chi connectivity index (χ0n) is 10.2. The van der Waals surface area contributed by atoms with Gasteiger partial charge in [-0.3, -0.25) is 0 Å². The van der Waals surface area contributed by atoms with Gasteiger partial charge in [0.25, 0.3) is 0 Å². The van der Waals surface area contributed by atoms with Gasteiger partial charge in [0.2, 0.25) is 0 Å². The van der Waals surface area contributed by atoms with Crippen LogP contribution in [-0.2, 0) is 9.59 Å². The van der Waals surface area contributed by atoms with E-state index in [4.69, 9.17) is 26.2 Å². The van der Waals surface area contributed by atoms with Gasteiger partial charge in [-0.1, -0.05) is 19.3 Å². The molecule has 18 heavy (non-hydrogen) atoms. The Labute approximate surface area is 105 Å². The zero-order chi connectivity index (χ0) is 14.1. The molecular formula is C11H21NO6. The number of aliphatic carboxylic acids is 2. The second-order valence-electron chi connectivity index (χ2n) is 4.31. The van der Waals surface area contributed by atoms with Crippen molar-refractivity contribution < 1.29 is 30.0 Å². The molecule has 106 valence electrons. The highest BCUT2D eigenvalue weighted by atomic mass is 16.4. The van der Waals surface area contributed by atoms with Crippen molar-refractivity contribution in [1.29, 1.82) is 0 Å². The van der Waals surface area contributed by atoms with E-state index in [2.05, 4.69) is 0 Å². The van der Waals surface area contributed by atoms with Crippen molar-refractivity contribution in [2.24, 2.45) is 11.7 Å². The minimum absolute atomic E-state index is 0.865. The van der Waals surface area contributed by atoms with Crippen molar-refractivity contribution in [3.8, 4) is 0 Å². The minimum atomic E-state index is -2.27. The van der Waals surface area contributed by atoms with E-state index in [9.17, 15) is 9.59 Å². The molecule has 0 radical (unpaired) electrons. The van der Waals surface area contributed by atoms with Gasteiger partial charge in [0.1, 0.15) is 0 Å². The summed E-state index contributed by atoms with van der Waals surface area (Å²) in [4.78, 5) is 19.5. The first kappa shape index (κ1) is 16.8. The van der Waals surface area contributed by atoms with Crippen LogP contribution in [0.5, 0.6) is 0 Å². The van der Waals surface area contributed by atoms with Crippen LogP contribution < -0.4 is 5.73 Å². The highest BCUT2D eigenvalue weighted by Crippen LogP contribution is 2.21. The molecule has 1 rings (SSSR count). The fourth-order valence-electron chi connectivity index (χ4n) is 1.69. The first-order chi connectivity index (χ1) is 8.40. The average Bonchev–Trinajstić information content (AvgIpc) is 2.38. The zero-order valence-corrected chi connectivity index (χ0v) is 10.2. The Morgan fingerprint density at radius 1 is 1.00 bits per heavy atom. The fraction of sp³-hybridized carbons (Fsp3) is 0.818. The molecule has 0 bridgehead atoms. The van der Waals surface area contributed by atoms with Crippen LogP contribution in [0.2, 0.25) is 0 Å². The van der Waals surface area contributed by atoms with Crippen molar-refractivity contribution >= 4 is 11.9 Å². The molecule has 6 N–H and O–H groups in total. The van der Waals surface area contributed by atoms with Crippen molar-refractivity contribution in [3.63, 3.8) is 0 Å². The lowest BCUT2D eigenvalue weighted by Crippen LogP contribution is -2.39. The van der Waals surface area contributed by atoms with Gasteiger partial charge in [0.05, 0.1) is 0 Å². The molecule has 0 spiro atoms. The molecule has 0 aliphatic heterocycles. The third kappa shape index (κ3) is 6.53. The molecule has 7 nitrogen and oxygen atoms in total. The van der Waals surface area contributed by atoms with Crippen LogP contribution >= 0.6 is 0 Å². The number of hydrogen-bond acceptors (Lipinski definition) is 5. The number of carbonyl (C=O) groups is 2. The number of hydrogen-bond donors (Lipinski definition) is 5. The van der Waals surface area contributed by atoms with E-state index in [0.29, 0.717) is 0 Å². The smallest absolute Gasteiger partial charge is 0.335 e. The topological polar surface area (TPSA) is 141 Å². The van der Waals surface area contributed by atoms with E-state index in [1.165, 1.54) is 32.1 Å². The molecule has 1 aliphatic carbocycles. The molecule has 0 aromatic heterocycles. The Morgan fingerprint density at radius 2 is 1.39 bits per heavy atom. The van der Waals surface area contributed by atoms with Gasteiger partial charge >= 0.3 is 11.9 Å². The van der Waals surface area contributed by atoms with Crippen LogP contribution in [0.4, 0.5) is 0 Å². The lowest BCUT2D eigenvalue weighted by molar-refractivity contribution is -0.165. The third-order valence-electron chi connectivity index (χ3n) is 2.86. The standard InChI is InChI=1S/C7H15N.C4H6O6/c8-6-7-4-2-1-3-5-7;5-1(3(7)8)2(6)4(9)10/h7H,1-6,8H2;1-2,5-6H,(H,7,8)(H,9,10)/t;1-,2-/m.1/s1. The first-order valence-electron chi connectivity index (χ1n) is 5.92. The normalized spacial score (nSPS) is 19.3. The second-order valence-corrected chi connectivity index (χ2v) is 4.31. The molecule has 1 aliphatic rings. The van der Waals surface area contributed by atoms with Crippen LogP contribution in [0.1, 0.15) is 32.1 Å². The average molecular weight is 263 g/mol. The molecule has 7 heteroatoms. The van der Waals surface area contributed by atoms with Gasteiger partial charge < -0.3 is 26.2 Å². The van der Waals surface area contributed by atoms with Crippen LogP contribution in [-0.4, -0.2) is 51.1 Å². The molecule has 0 saturated heterocycles. The highest BCUT2D eigenvalue weighted by Gasteiger charge is 2.29. The summed E-state index contributed by atoms with van der Waals surface area (Å²) in [6.07, 6.45) is 2.52. The van der Waals surface area contributed by atoms with Gasteiger partial charge in [0.15, 0.2) is 12.2 Å². The van der Waals surface area contributed by atoms with E-state index >= 15 is 0 Å². The fourth-order valence-corrected chi connectivity index (χ4v) is 1.69. The first-order valence-corrected chi connectivity index (χ1v) is 5.92. The number of rotatable bonds is 4. The minimum Gasteiger partial charge on any atom is -0.479 e. The molecule has 0 unspecified atom stereocenters. The Bertz CT molecular complexity index is 246. The van der Waals surface area contributed by atoms with E-state index in [1.54, 1.807) is 0 Å². The van der Waals surface area contributed by atoms with E-state index in [-0.39, 0.29) is 0 Å². The van der Waals surface area contributed by atoms with Crippen LogP contribution in [0, 0.1) is 5.92 Å². The van der Waals surface area contributed by atoms with E-state index < -0.39 is 24.1 Å². The number of nitrogens with two attached hydrogens (primary N) is 1. The summed E-state index contributed by atoms with van der Waals surface area (Å²) in [5.74, 6) is -2.67. The molecule has 0 aromatic rings. The largest absolute Gasteiger partial charge is 0.479 e. The molecule has 1 fully saturated rings. The van der Waals surface area contributed by atoms with E-state index in [0.717, 1.165) is 12.5 Å². The molecule has 0 heterocycles. The van der Waals surface area contributed by atoms with Gasteiger partial charge in [-0.15, -0.1) is 0 Å². The molecular weight excluding hydrogens is 242 g/mol. The Balaban J connectivity index is 0.000000327. The Hall–Kier alpha value is -1.18. The van der Waals surface area contributed by atoms with Gasteiger partial charge in [-0.2, -0.15) is 0 Å². The molecule has 0 amide bonds. The molecule has 1 saturated carbocycles. The number of aliphatic hydroxyl groups is 2. The highest BCUT2D eigenvalue weighted by molar-refractivity contribution is 5.83. The van der Waals surface area contributed by atoms with Gasteiger partial charge in [-0.05, 0) is 25.3 Å². The monoisotopic (exact) mass is 263 g/mol. The summed E-state index contributed by atoms with van der Waals surface area (Å²) in [5, 5.41) is 32.5. The summed E-state index contributed by atoms with van der Waals surface area (Å²) < 4.78 is 0. The van der Waals surface area contributed by atoms with Gasteiger partial charge in [0, 0.05) is 0 Å². The summed E-state index contributed by atoms with van der Waals surface area (Å²) in [5.41, 5.74) is 5.50. The number of carboxylic acids is 2. The predicted molar refractivity (Wildman–Crippen MR) is 62.9 cm³/mol. The summed E-state index contributed by atoms with van der Waals surface area (Å²) in [7, 11) is 0. The lowest BCUT2D eigenvalue weighted by Gasteiger charge is -2.18. The van der Waals surface area contributed by atoms with Crippen LogP contribution in [0.15, 0.2) is 0 Å². The Morgan fingerprint density at radius 3 is 1.61 bits per heavy atom. The van der Waals surface area contributed by atoms with Crippen molar-refractivity contribution in [2.45, 2.75) is 44.3 Å². The maximum Gasteiger partial charge on any atom is 0.335 e. The third-order valence-corrected chi connectivity index (χ3v) is 2.86. The summed E-state index contributed by atoms with van der Waals surface area (Å²) >= 11 is 0. The number of aliphatic hydroxyl groups excluding tert-OH is 2. The number of carboxylic acid groups (broad SMARTS) is 2. The molecule has 0 aromatic carbocycles. The summed E-state index contributed by atoms with van der Waals surface area (Å²) in [6.45, 7) is 0.917. The lowest BCUT2D eigenvalue weighted by atomic mass is 9.90. The summed E-state index contributed by atoms with van der Waals surface area (Å²) in [6, 6.07) is 0. The predicted octanol–water partition coefficient (Wildman–Crippen LogP) is -0.597. The van der Waals surface area contributed by atoms with Crippen molar-refractivity contribution in [3.05, 3.63) is 0 Å². The molecule has 2 atom stereocenters. The van der Waals surface area contributed by atoms with Gasteiger partial charge in [-0.25, -0.2) is 9.59 Å². The van der Waals surface area contributed by atoms with Crippen LogP contribution in [0.3, 0.4) is 0 Å². The Kier molecular flexibility index (Phi) is 8.27. The SMILES string of the molecule is NCC1CCCCC1.O=C(O)[C@H](O)[C@@H](O)C(=O)O. The van der Waals surface area contributed by atoms with E-state index in [1.807, 2.05) is 0 Å². The quantitative estimate of drug-likeness (QED) is 0.456. The van der Waals surface area contributed by atoms with Crippen molar-refractivity contribution in [2.75, 3.05) is 6.54 Å².